The summed E-state index contributed by atoms with van der Waals surface area (Å²) in [6.07, 6.45) is 9.69. The van der Waals surface area contributed by atoms with Crippen LogP contribution in [0.15, 0.2) is 60.8 Å². The van der Waals surface area contributed by atoms with Crippen LogP contribution < -0.4 is 10.1 Å². The van der Waals surface area contributed by atoms with Crippen LogP contribution in [0.4, 0.5) is 5.69 Å². The van der Waals surface area contributed by atoms with Crippen LogP contribution in [0.25, 0.3) is 0 Å². The van der Waals surface area contributed by atoms with Crippen LogP contribution in [-0.2, 0) is 38.9 Å². The maximum atomic E-state index is 12.9. The van der Waals surface area contributed by atoms with Crippen molar-refractivity contribution in [3.63, 3.8) is 0 Å². The second-order valence-corrected chi connectivity index (χ2v) is 14.7. The number of aromatic nitrogens is 1. The highest BCUT2D eigenvalue weighted by atomic mass is 35.5. The molecule has 3 aromatic rings. The van der Waals surface area contributed by atoms with Gasteiger partial charge in [-0.2, -0.15) is 0 Å². The smallest absolute Gasteiger partial charge is 0.329 e. The van der Waals surface area contributed by atoms with Gasteiger partial charge in [0, 0.05) is 53.7 Å². The summed E-state index contributed by atoms with van der Waals surface area (Å²) in [5.74, 6) is 0.737. The number of ether oxygens (including phenoxy) is 3. The van der Waals surface area contributed by atoms with Gasteiger partial charge in [0.05, 0.1) is 33.0 Å². The molecular weight excluding hydrogens is 626 g/mol. The van der Waals surface area contributed by atoms with Crippen molar-refractivity contribution in [2.75, 3.05) is 58.0 Å². The van der Waals surface area contributed by atoms with E-state index in [1.807, 2.05) is 36.5 Å². The van der Waals surface area contributed by atoms with Crippen molar-refractivity contribution in [1.82, 2.24) is 9.88 Å². The van der Waals surface area contributed by atoms with E-state index in [1.54, 1.807) is 0 Å². The Hall–Kier alpha value is -3.17. The fourth-order valence-corrected chi connectivity index (χ4v) is 9.03. The van der Waals surface area contributed by atoms with Gasteiger partial charge in [0.25, 0.3) is 0 Å². The highest BCUT2D eigenvalue weighted by Crippen LogP contribution is 2.56. The van der Waals surface area contributed by atoms with Crippen molar-refractivity contribution >= 4 is 23.3 Å². The fraction of sp³-hybridized carbons (Fsp3) is 0.538. The SMILES string of the molecule is O=C(O)C1(Nc2cccc(Cl)c2)CCC2(CC1)c1ccccc1C[C@H]2CC(COCCN1CCOCC1)COc1ccnc2c1CCC2. The summed E-state index contributed by atoms with van der Waals surface area (Å²) in [5.41, 5.74) is 4.86. The monoisotopic (exact) mass is 673 g/mol. The molecule has 7 rings (SSSR count). The first-order valence-electron chi connectivity index (χ1n) is 17.8. The van der Waals surface area contributed by atoms with E-state index in [9.17, 15) is 9.90 Å². The Bertz CT molecular complexity index is 1570. The molecule has 2 aromatic carbocycles. The summed E-state index contributed by atoms with van der Waals surface area (Å²) in [4.78, 5) is 19.9. The molecule has 2 fully saturated rings. The maximum absolute atomic E-state index is 12.9. The number of aryl methyl sites for hydroxylation is 1. The number of hydrogen-bond acceptors (Lipinski definition) is 7. The maximum Gasteiger partial charge on any atom is 0.329 e. The standard InChI is InChI=1S/C39H48ClN3O5/c40-31-6-3-7-32(25-31)42-39(37(44)45)14-12-38(13-15-39)30(24-29-5-1-2-9-34(29)38)23-28(26-47-22-19-43-17-20-46-21-18-43)27-48-36-11-16-41-35-10-4-8-33(35)36/h1-3,5-7,9,11,16,25,28,30,42H,4,8,10,12-15,17-24,26-27H2,(H,44,45)/t28?,30-,38?,39?/m1/s1. The first-order chi connectivity index (χ1) is 23.4. The number of carboxylic acid groups (broad SMARTS) is 1. The van der Waals surface area contributed by atoms with Crippen molar-refractivity contribution in [3.8, 4) is 5.75 Å². The lowest BCUT2D eigenvalue weighted by Gasteiger charge is -2.47. The predicted molar refractivity (Wildman–Crippen MR) is 187 cm³/mol. The van der Waals surface area contributed by atoms with Crippen LogP contribution in [0.5, 0.6) is 5.75 Å². The molecule has 9 heteroatoms. The van der Waals surface area contributed by atoms with Gasteiger partial charge in [-0.3, -0.25) is 9.88 Å². The summed E-state index contributed by atoms with van der Waals surface area (Å²) >= 11 is 6.27. The number of halogens is 1. The summed E-state index contributed by atoms with van der Waals surface area (Å²) < 4.78 is 18.5. The van der Waals surface area contributed by atoms with Gasteiger partial charge >= 0.3 is 5.97 Å². The minimum atomic E-state index is -1.04. The Morgan fingerprint density at radius 2 is 1.90 bits per heavy atom. The predicted octanol–water partition coefficient (Wildman–Crippen LogP) is 6.58. The molecule has 2 heterocycles. The van der Waals surface area contributed by atoms with Crippen LogP contribution in [0.1, 0.15) is 60.9 Å². The quantitative estimate of drug-likeness (QED) is 0.197. The average Bonchev–Trinajstić information content (AvgIpc) is 3.70. The molecule has 1 aromatic heterocycles. The minimum Gasteiger partial charge on any atom is -0.493 e. The molecule has 8 nitrogen and oxygen atoms in total. The number of rotatable bonds is 13. The molecule has 1 aliphatic heterocycles. The van der Waals surface area contributed by atoms with E-state index in [4.69, 9.17) is 25.8 Å². The molecule has 0 amide bonds. The van der Waals surface area contributed by atoms with E-state index >= 15 is 0 Å². The molecule has 1 saturated heterocycles. The van der Waals surface area contributed by atoms with E-state index in [0.29, 0.717) is 43.6 Å². The average molecular weight is 674 g/mol. The summed E-state index contributed by atoms with van der Waals surface area (Å²) in [7, 11) is 0. The van der Waals surface area contributed by atoms with E-state index in [2.05, 4.69) is 39.5 Å². The van der Waals surface area contributed by atoms with E-state index in [1.165, 1.54) is 22.4 Å². The highest BCUT2D eigenvalue weighted by Gasteiger charge is 2.54. The number of fused-ring (bicyclic) bond motifs is 3. The zero-order chi connectivity index (χ0) is 33.0. The third kappa shape index (κ3) is 7.09. The Morgan fingerprint density at radius 1 is 1.06 bits per heavy atom. The zero-order valence-corrected chi connectivity index (χ0v) is 28.6. The molecule has 48 heavy (non-hydrogen) atoms. The van der Waals surface area contributed by atoms with Gasteiger partial charge in [0.15, 0.2) is 0 Å². The van der Waals surface area contributed by atoms with Crippen LogP contribution in [0.3, 0.4) is 0 Å². The van der Waals surface area contributed by atoms with Crippen LogP contribution in [0.2, 0.25) is 5.02 Å². The van der Waals surface area contributed by atoms with Gasteiger partial charge in [-0.1, -0.05) is 41.9 Å². The molecule has 1 spiro atoms. The number of carboxylic acids is 1. The molecule has 0 radical (unpaired) electrons. The number of pyridine rings is 1. The third-order valence-electron chi connectivity index (χ3n) is 11.5. The molecule has 2 N–H and O–H groups in total. The molecular formula is C39H48ClN3O5. The number of benzene rings is 2. The number of carbonyl (C=O) groups is 1. The fourth-order valence-electron chi connectivity index (χ4n) is 8.84. The van der Waals surface area contributed by atoms with Crippen molar-refractivity contribution in [3.05, 3.63) is 88.2 Å². The van der Waals surface area contributed by atoms with Gasteiger partial charge < -0.3 is 24.6 Å². The Kier molecular flexibility index (Phi) is 10.2. The van der Waals surface area contributed by atoms with Crippen molar-refractivity contribution in [2.45, 2.75) is 68.7 Å². The van der Waals surface area contributed by atoms with Gasteiger partial charge in [0.2, 0.25) is 0 Å². The third-order valence-corrected chi connectivity index (χ3v) is 11.7. The first-order valence-corrected chi connectivity index (χ1v) is 18.1. The number of hydrogen-bond donors (Lipinski definition) is 2. The van der Waals surface area contributed by atoms with E-state index in [-0.39, 0.29) is 11.3 Å². The number of nitrogens with one attached hydrogen (secondary N) is 1. The van der Waals surface area contributed by atoms with Gasteiger partial charge in [0.1, 0.15) is 11.3 Å². The van der Waals surface area contributed by atoms with E-state index < -0.39 is 11.5 Å². The lowest BCUT2D eigenvalue weighted by molar-refractivity contribution is -0.144. The Balaban J connectivity index is 1.09. The van der Waals surface area contributed by atoms with Gasteiger partial charge in [-0.15, -0.1) is 0 Å². The molecule has 1 unspecified atom stereocenters. The molecule has 1 saturated carbocycles. The summed E-state index contributed by atoms with van der Waals surface area (Å²) in [6.45, 7) is 6.30. The summed E-state index contributed by atoms with van der Waals surface area (Å²) in [5, 5.41) is 14.6. The first kappa shape index (κ1) is 33.3. The lowest BCUT2D eigenvalue weighted by atomic mass is 9.59. The minimum absolute atomic E-state index is 0.0878. The largest absolute Gasteiger partial charge is 0.493 e. The van der Waals surface area contributed by atoms with Crippen molar-refractivity contribution < 1.29 is 24.1 Å². The summed E-state index contributed by atoms with van der Waals surface area (Å²) in [6, 6.07) is 18.2. The Labute approximate surface area is 289 Å². The second-order valence-electron chi connectivity index (χ2n) is 14.3. The van der Waals surface area contributed by atoms with Gasteiger partial charge in [-0.05, 0) is 105 Å². The molecule has 3 aliphatic carbocycles. The van der Waals surface area contributed by atoms with Crippen molar-refractivity contribution in [1.29, 1.82) is 0 Å². The molecule has 256 valence electrons. The molecule has 0 bridgehead atoms. The molecule has 4 aliphatic rings. The zero-order valence-electron chi connectivity index (χ0n) is 27.8. The van der Waals surface area contributed by atoms with Crippen LogP contribution >= 0.6 is 11.6 Å². The lowest BCUT2D eigenvalue weighted by Crippen LogP contribution is -2.53. The number of aliphatic carboxylic acids is 1. The molecule has 2 atom stereocenters. The van der Waals surface area contributed by atoms with E-state index in [0.717, 1.165) is 89.2 Å². The normalized spacial score (nSPS) is 25.8. The topological polar surface area (TPSA) is 93.2 Å². The highest BCUT2D eigenvalue weighted by molar-refractivity contribution is 6.30. The van der Waals surface area contributed by atoms with Crippen molar-refractivity contribution in [2.24, 2.45) is 11.8 Å². The second kappa shape index (κ2) is 14.8. The number of nitrogens with zero attached hydrogens (tertiary/aromatic N) is 2. The van der Waals surface area contributed by atoms with Crippen LogP contribution in [-0.4, -0.2) is 79.2 Å². The number of anilines is 1. The number of morpholine rings is 1. The Morgan fingerprint density at radius 3 is 2.71 bits per heavy atom. The van der Waals surface area contributed by atoms with Gasteiger partial charge in [-0.25, -0.2) is 4.79 Å². The van der Waals surface area contributed by atoms with Crippen LogP contribution in [0, 0.1) is 11.8 Å².